The van der Waals surface area contributed by atoms with E-state index in [1.165, 1.54) is 18.2 Å². The number of rotatable bonds is 3. The van der Waals surface area contributed by atoms with Crippen molar-refractivity contribution in [1.82, 2.24) is 10.6 Å². The monoisotopic (exact) mass is 355 g/mol. The number of carbonyl (C=O) groups is 2. The van der Waals surface area contributed by atoms with Crippen LogP contribution < -0.4 is 16.0 Å². The maximum atomic E-state index is 13.0. The summed E-state index contributed by atoms with van der Waals surface area (Å²) in [6, 6.07) is 4.26. The van der Waals surface area contributed by atoms with Crippen molar-refractivity contribution in [3.63, 3.8) is 0 Å². The Balaban J connectivity index is 1.64. The summed E-state index contributed by atoms with van der Waals surface area (Å²) in [6.45, 7) is 0. The third kappa shape index (κ3) is 4.12. The molecule has 3 rings (SSSR count). The zero-order valence-electron chi connectivity index (χ0n) is 13.5. The molecule has 5 nitrogen and oxygen atoms in total. The summed E-state index contributed by atoms with van der Waals surface area (Å²) < 4.78 is 38.9. The number of alkyl halides is 3. The highest BCUT2D eigenvalue weighted by Gasteiger charge is 2.37. The van der Waals surface area contributed by atoms with Gasteiger partial charge in [0.05, 0.1) is 23.7 Å². The number of amides is 2. The van der Waals surface area contributed by atoms with Gasteiger partial charge in [-0.3, -0.25) is 9.59 Å². The lowest BCUT2D eigenvalue weighted by Crippen LogP contribution is -2.65. The average Bonchev–Trinajstić information content (AvgIpc) is 2.55. The number of benzene rings is 1. The van der Waals surface area contributed by atoms with Gasteiger partial charge in [0.15, 0.2) is 0 Å². The summed E-state index contributed by atoms with van der Waals surface area (Å²) >= 11 is 0. The fraction of sp³-hybridized carbons (Fsp3) is 0.529. The van der Waals surface area contributed by atoms with Crippen LogP contribution in [0.25, 0.3) is 0 Å². The zero-order chi connectivity index (χ0) is 18.0. The standard InChI is InChI=1S/C17H20F3N3O2/c18-17(19,20)10-5-1-2-6-11(10)22-15(24)9-14-16(25)23-13-8-4-3-7-12(13)21-14/h1-2,5-6,12-14,21H,3-4,7-9H2,(H,22,24)(H,23,25)/t12-,13-,14+/m0/s1. The Kier molecular flexibility index (Phi) is 4.99. The van der Waals surface area contributed by atoms with E-state index in [0.717, 1.165) is 31.7 Å². The van der Waals surface area contributed by atoms with E-state index < -0.39 is 23.7 Å². The molecule has 0 spiro atoms. The van der Waals surface area contributed by atoms with Crippen LogP contribution in [0.3, 0.4) is 0 Å². The summed E-state index contributed by atoms with van der Waals surface area (Å²) in [5.41, 5.74) is -1.21. The Bertz CT molecular complexity index is 663. The van der Waals surface area contributed by atoms with Gasteiger partial charge in [0.25, 0.3) is 0 Å². The molecule has 1 saturated carbocycles. The lowest BCUT2D eigenvalue weighted by Gasteiger charge is -2.40. The lowest BCUT2D eigenvalue weighted by atomic mass is 9.87. The normalized spacial score (nSPS) is 26.5. The Labute approximate surface area is 143 Å². The molecule has 0 bridgehead atoms. The number of anilines is 1. The fourth-order valence-electron chi connectivity index (χ4n) is 3.50. The molecule has 2 amide bonds. The fourth-order valence-corrected chi connectivity index (χ4v) is 3.50. The minimum atomic E-state index is -4.56. The summed E-state index contributed by atoms with van der Waals surface area (Å²) in [5, 5.41) is 8.36. The smallest absolute Gasteiger partial charge is 0.350 e. The zero-order valence-corrected chi connectivity index (χ0v) is 13.5. The molecule has 1 heterocycles. The maximum Gasteiger partial charge on any atom is 0.418 e. The van der Waals surface area contributed by atoms with Crippen LogP contribution in [0.4, 0.5) is 18.9 Å². The number of hydrogen-bond donors (Lipinski definition) is 3. The molecule has 2 fully saturated rings. The van der Waals surface area contributed by atoms with Crippen LogP contribution in [0.2, 0.25) is 0 Å². The van der Waals surface area contributed by atoms with Crippen molar-refractivity contribution in [2.75, 3.05) is 5.32 Å². The van der Waals surface area contributed by atoms with E-state index in [1.807, 2.05) is 0 Å². The first-order chi connectivity index (χ1) is 11.8. The molecule has 1 aliphatic carbocycles. The number of nitrogens with one attached hydrogen (secondary N) is 3. The SMILES string of the molecule is O=C(C[C@H]1N[C@H]2CCCC[C@@H]2NC1=O)Nc1ccccc1C(F)(F)F. The van der Waals surface area contributed by atoms with Crippen molar-refractivity contribution < 1.29 is 22.8 Å². The minimum Gasteiger partial charge on any atom is -0.350 e. The molecule has 0 radical (unpaired) electrons. The van der Waals surface area contributed by atoms with E-state index >= 15 is 0 Å². The predicted molar refractivity (Wildman–Crippen MR) is 85.8 cm³/mol. The second kappa shape index (κ2) is 7.03. The molecule has 1 aliphatic heterocycles. The molecule has 1 aromatic rings. The molecule has 2 aliphatic rings. The molecular weight excluding hydrogens is 335 g/mol. The van der Waals surface area contributed by atoms with Crippen molar-refractivity contribution in [2.24, 2.45) is 0 Å². The summed E-state index contributed by atoms with van der Waals surface area (Å²) in [4.78, 5) is 24.3. The third-order valence-electron chi connectivity index (χ3n) is 4.72. The number of hydrogen-bond acceptors (Lipinski definition) is 3. The van der Waals surface area contributed by atoms with Gasteiger partial charge >= 0.3 is 6.18 Å². The number of carbonyl (C=O) groups excluding carboxylic acids is 2. The number of piperazine rings is 1. The molecule has 1 aromatic carbocycles. The first-order valence-corrected chi connectivity index (χ1v) is 8.37. The van der Waals surface area contributed by atoms with Crippen molar-refractivity contribution in [3.05, 3.63) is 29.8 Å². The third-order valence-corrected chi connectivity index (χ3v) is 4.72. The average molecular weight is 355 g/mol. The first-order valence-electron chi connectivity index (χ1n) is 8.37. The molecule has 3 atom stereocenters. The van der Waals surface area contributed by atoms with Crippen LogP contribution in [0, 0.1) is 0 Å². The second-order valence-electron chi connectivity index (χ2n) is 6.52. The molecule has 1 saturated heterocycles. The molecule has 8 heteroatoms. The molecule has 0 aromatic heterocycles. The number of fused-ring (bicyclic) bond motifs is 1. The van der Waals surface area contributed by atoms with Gasteiger partial charge in [0, 0.05) is 12.1 Å². The first kappa shape index (κ1) is 17.7. The van der Waals surface area contributed by atoms with Crippen LogP contribution in [-0.2, 0) is 15.8 Å². The quantitative estimate of drug-likeness (QED) is 0.780. The van der Waals surface area contributed by atoms with Gasteiger partial charge in [0.1, 0.15) is 0 Å². The van der Waals surface area contributed by atoms with E-state index in [1.54, 1.807) is 0 Å². The Morgan fingerprint density at radius 2 is 1.84 bits per heavy atom. The van der Waals surface area contributed by atoms with Gasteiger partial charge in [-0.2, -0.15) is 13.2 Å². The largest absolute Gasteiger partial charge is 0.418 e. The van der Waals surface area contributed by atoms with Gasteiger partial charge < -0.3 is 16.0 Å². The van der Waals surface area contributed by atoms with Crippen LogP contribution >= 0.6 is 0 Å². The maximum absolute atomic E-state index is 13.0. The van der Waals surface area contributed by atoms with Crippen LogP contribution in [-0.4, -0.2) is 29.9 Å². The van der Waals surface area contributed by atoms with Gasteiger partial charge in [-0.25, -0.2) is 0 Å². The predicted octanol–water partition coefficient (Wildman–Crippen LogP) is 2.43. The van der Waals surface area contributed by atoms with Gasteiger partial charge in [-0.1, -0.05) is 25.0 Å². The molecule has 25 heavy (non-hydrogen) atoms. The van der Waals surface area contributed by atoms with E-state index in [9.17, 15) is 22.8 Å². The van der Waals surface area contributed by atoms with Crippen molar-refractivity contribution in [2.45, 2.75) is 56.4 Å². The number of halogens is 3. The van der Waals surface area contributed by atoms with Crippen molar-refractivity contribution in [1.29, 1.82) is 0 Å². The molecule has 0 unspecified atom stereocenters. The molecule has 136 valence electrons. The Morgan fingerprint density at radius 3 is 2.56 bits per heavy atom. The van der Waals surface area contributed by atoms with E-state index in [4.69, 9.17) is 0 Å². The van der Waals surface area contributed by atoms with Gasteiger partial charge in [0.2, 0.25) is 11.8 Å². The number of para-hydroxylation sites is 1. The second-order valence-corrected chi connectivity index (χ2v) is 6.52. The van der Waals surface area contributed by atoms with Crippen LogP contribution in [0.15, 0.2) is 24.3 Å². The Hall–Kier alpha value is -2.09. The molecular formula is C17H20F3N3O2. The van der Waals surface area contributed by atoms with Crippen molar-refractivity contribution in [3.8, 4) is 0 Å². The van der Waals surface area contributed by atoms with Crippen LogP contribution in [0.5, 0.6) is 0 Å². The van der Waals surface area contributed by atoms with E-state index in [2.05, 4.69) is 16.0 Å². The molecule has 3 N–H and O–H groups in total. The van der Waals surface area contributed by atoms with E-state index in [0.29, 0.717) is 0 Å². The topological polar surface area (TPSA) is 70.2 Å². The highest BCUT2D eigenvalue weighted by atomic mass is 19.4. The van der Waals surface area contributed by atoms with E-state index in [-0.39, 0.29) is 30.1 Å². The highest BCUT2D eigenvalue weighted by Crippen LogP contribution is 2.34. The van der Waals surface area contributed by atoms with Crippen LogP contribution in [0.1, 0.15) is 37.7 Å². The summed E-state index contributed by atoms with van der Waals surface area (Å²) in [6.07, 6.45) is -0.827. The van der Waals surface area contributed by atoms with Gasteiger partial charge in [-0.05, 0) is 25.0 Å². The van der Waals surface area contributed by atoms with Crippen molar-refractivity contribution >= 4 is 17.5 Å². The highest BCUT2D eigenvalue weighted by molar-refractivity contribution is 5.96. The Morgan fingerprint density at radius 1 is 1.16 bits per heavy atom. The lowest BCUT2D eigenvalue weighted by molar-refractivity contribution is -0.137. The van der Waals surface area contributed by atoms with Gasteiger partial charge in [-0.15, -0.1) is 0 Å². The summed E-state index contributed by atoms with van der Waals surface area (Å²) in [7, 11) is 0. The minimum absolute atomic E-state index is 0.0755. The summed E-state index contributed by atoms with van der Waals surface area (Å²) in [5.74, 6) is -0.902.